The average molecular weight is 922 g/mol. The molecule has 0 bridgehead atoms. The predicted molar refractivity (Wildman–Crippen MR) is 277 cm³/mol. The van der Waals surface area contributed by atoms with Crippen LogP contribution in [0.1, 0.15) is 285 Å². The molecule has 0 aromatic rings. The van der Waals surface area contributed by atoms with Crippen LogP contribution in [-0.4, -0.2) is 85.3 Å². The Bertz CT molecular complexity index is 967. The number of amides is 1. The van der Waals surface area contributed by atoms with Gasteiger partial charge in [-0.3, -0.25) is 14.4 Å². The molecule has 0 aliphatic heterocycles. The number of nitrogens with zero attached hydrogens (tertiary/aromatic N) is 2. The molecule has 0 spiro atoms. The molecule has 65 heavy (non-hydrogen) atoms. The van der Waals surface area contributed by atoms with E-state index in [1.165, 1.54) is 173 Å². The molecule has 8 heteroatoms. The molecule has 0 fully saturated rings. The number of ether oxygens (including phenoxy) is 2. The van der Waals surface area contributed by atoms with Gasteiger partial charge in [0.2, 0.25) is 5.91 Å². The van der Waals surface area contributed by atoms with Crippen molar-refractivity contribution >= 4 is 17.8 Å². The van der Waals surface area contributed by atoms with Crippen molar-refractivity contribution in [2.45, 2.75) is 285 Å². The fourth-order valence-electron chi connectivity index (χ4n) is 9.24. The SMILES string of the molecule is CCCCCCCCC(CCCCCC)COC(=O)CCCCCN(CCCCCC(=O)OCC(CCCCCC)CCCCCCCC)CCCN(CCO)C(=O)CCCCCCC. The molecule has 0 heterocycles. The Hall–Kier alpha value is -1.67. The molecule has 0 aliphatic carbocycles. The van der Waals surface area contributed by atoms with Gasteiger partial charge in [0.15, 0.2) is 0 Å². The Labute approximate surface area is 404 Å². The molecule has 1 N–H and O–H groups in total. The lowest BCUT2D eigenvalue weighted by molar-refractivity contribution is -0.146. The van der Waals surface area contributed by atoms with Crippen LogP contribution in [0.4, 0.5) is 0 Å². The molecule has 2 unspecified atom stereocenters. The monoisotopic (exact) mass is 921 g/mol. The normalized spacial score (nSPS) is 12.5. The van der Waals surface area contributed by atoms with Gasteiger partial charge < -0.3 is 24.4 Å². The van der Waals surface area contributed by atoms with E-state index in [0.29, 0.717) is 57.4 Å². The summed E-state index contributed by atoms with van der Waals surface area (Å²) in [5.41, 5.74) is 0. The summed E-state index contributed by atoms with van der Waals surface area (Å²) in [7, 11) is 0. The first-order valence-corrected chi connectivity index (χ1v) is 28.8. The Morgan fingerprint density at radius 1 is 0.369 bits per heavy atom. The molecule has 0 aliphatic rings. The van der Waals surface area contributed by atoms with Crippen molar-refractivity contribution in [1.82, 2.24) is 9.80 Å². The molecular formula is C57H112N2O6. The van der Waals surface area contributed by atoms with Crippen molar-refractivity contribution < 1.29 is 29.0 Å². The summed E-state index contributed by atoms with van der Waals surface area (Å²) in [5.74, 6) is 1.07. The van der Waals surface area contributed by atoms with Crippen LogP contribution in [0.5, 0.6) is 0 Å². The Balaban J connectivity index is 5.03. The van der Waals surface area contributed by atoms with Gasteiger partial charge in [-0.05, 0) is 95.7 Å². The van der Waals surface area contributed by atoms with E-state index in [4.69, 9.17) is 9.47 Å². The topological polar surface area (TPSA) is 96.4 Å². The summed E-state index contributed by atoms with van der Waals surface area (Å²) >= 11 is 0. The molecule has 0 aromatic heterocycles. The molecule has 0 radical (unpaired) electrons. The second kappa shape index (κ2) is 50.2. The zero-order valence-electron chi connectivity index (χ0n) is 44.3. The number of aliphatic hydroxyl groups excluding tert-OH is 1. The fraction of sp³-hybridized carbons (Fsp3) is 0.947. The van der Waals surface area contributed by atoms with Crippen LogP contribution in [0.25, 0.3) is 0 Å². The van der Waals surface area contributed by atoms with E-state index in [1.54, 1.807) is 0 Å². The number of carbonyl (C=O) groups is 3. The van der Waals surface area contributed by atoms with Crippen LogP contribution in [0.2, 0.25) is 0 Å². The maximum Gasteiger partial charge on any atom is 0.305 e. The third-order valence-electron chi connectivity index (χ3n) is 13.7. The number of hydrogen-bond acceptors (Lipinski definition) is 7. The summed E-state index contributed by atoms with van der Waals surface area (Å²) in [6.45, 7) is 16.3. The number of hydrogen-bond donors (Lipinski definition) is 1. The highest BCUT2D eigenvalue weighted by atomic mass is 16.5. The molecule has 0 aromatic carbocycles. The summed E-state index contributed by atoms with van der Waals surface area (Å²) < 4.78 is 11.8. The van der Waals surface area contributed by atoms with Crippen molar-refractivity contribution in [2.24, 2.45) is 11.8 Å². The van der Waals surface area contributed by atoms with Gasteiger partial charge in [-0.25, -0.2) is 0 Å². The van der Waals surface area contributed by atoms with E-state index >= 15 is 0 Å². The number of carbonyl (C=O) groups excluding carboxylic acids is 3. The second-order valence-electron chi connectivity index (χ2n) is 20.0. The Morgan fingerprint density at radius 2 is 0.692 bits per heavy atom. The van der Waals surface area contributed by atoms with E-state index < -0.39 is 0 Å². The van der Waals surface area contributed by atoms with E-state index in [1.807, 2.05) is 4.90 Å². The summed E-state index contributed by atoms with van der Waals surface area (Å²) in [6.07, 6.45) is 44.2. The lowest BCUT2D eigenvalue weighted by Crippen LogP contribution is -2.36. The molecular weight excluding hydrogens is 809 g/mol. The smallest absolute Gasteiger partial charge is 0.305 e. The largest absolute Gasteiger partial charge is 0.465 e. The summed E-state index contributed by atoms with van der Waals surface area (Å²) in [4.78, 5) is 43.1. The lowest BCUT2D eigenvalue weighted by Gasteiger charge is -2.26. The van der Waals surface area contributed by atoms with Crippen molar-refractivity contribution in [3.63, 3.8) is 0 Å². The second-order valence-corrected chi connectivity index (χ2v) is 20.0. The number of rotatable bonds is 52. The highest BCUT2D eigenvalue weighted by molar-refractivity contribution is 5.76. The number of esters is 2. The highest BCUT2D eigenvalue weighted by Crippen LogP contribution is 2.22. The zero-order chi connectivity index (χ0) is 47.7. The minimum absolute atomic E-state index is 0.00631. The molecule has 386 valence electrons. The molecule has 1 amide bonds. The van der Waals surface area contributed by atoms with Crippen molar-refractivity contribution in [3.05, 3.63) is 0 Å². The van der Waals surface area contributed by atoms with Crippen molar-refractivity contribution in [3.8, 4) is 0 Å². The summed E-state index contributed by atoms with van der Waals surface area (Å²) in [6, 6.07) is 0. The maximum absolute atomic E-state index is 13.1. The van der Waals surface area contributed by atoms with E-state index in [0.717, 1.165) is 77.4 Å². The van der Waals surface area contributed by atoms with Gasteiger partial charge in [0.1, 0.15) is 0 Å². The fourth-order valence-corrected chi connectivity index (χ4v) is 9.24. The van der Waals surface area contributed by atoms with Crippen LogP contribution < -0.4 is 0 Å². The van der Waals surface area contributed by atoms with Crippen LogP contribution in [-0.2, 0) is 23.9 Å². The van der Waals surface area contributed by atoms with Gasteiger partial charge in [-0.15, -0.1) is 0 Å². The van der Waals surface area contributed by atoms with Gasteiger partial charge in [0, 0.05) is 32.4 Å². The molecule has 0 saturated carbocycles. The van der Waals surface area contributed by atoms with Crippen LogP contribution in [0, 0.1) is 11.8 Å². The molecule has 0 rings (SSSR count). The first kappa shape index (κ1) is 63.3. The van der Waals surface area contributed by atoms with Gasteiger partial charge in [-0.2, -0.15) is 0 Å². The maximum atomic E-state index is 13.1. The van der Waals surface area contributed by atoms with Gasteiger partial charge in [-0.1, -0.05) is 202 Å². The van der Waals surface area contributed by atoms with Crippen molar-refractivity contribution in [2.75, 3.05) is 52.5 Å². The first-order valence-electron chi connectivity index (χ1n) is 28.8. The van der Waals surface area contributed by atoms with Crippen molar-refractivity contribution in [1.29, 1.82) is 0 Å². The summed E-state index contributed by atoms with van der Waals surface area (Å²) in [5, 5.41) is 9.74. The third kappa shape index (κ3) is 43.4. The van der Waals surface area contributed by atoms with Crippen LogP contribution >= 0.6 is 0 Å². The number of aliphatic hydroxyl groups is 1. The van der Waals surface area contributed by atoms with Gasteiger partial charge in [0.25, 0.3) is 0 Å². The van der Waals surface area contributed by atoms with E-state index in [2.05, 4.69) is 39.5 Å². The average Bonchev–Trinajstić information content (AvgIpc) is 3.30. The number of unbranched alkanes of at least 4 members (excludes halogenated alkanes) is 24. The van der Waals surface area contributed by atoms with E-state index in [-0.39, 0.29) is 24.5 Å². The lowest BCUT2D eigenvalue weighted by atomic mass is 9.95. The zero-order valence-corrected chi connectivity index (χ0v) is 44.3. The molecule has 0 saturated heterocycles. The Kier molecular flexibility index (Phi) is 48.9. The van der Waals surface area contributed by atoms with Gasteiger partial charge in [0.05, 0.1) is 19.8 Å². The Morgan fingerprint density at radius 3 is 1.09 bits per heavy atom. The third-order valence-corrected chi connectivity index (χ3v) is 13.7. The minimum Gasteiger partial charge on any atom is -0.465 e. The standard InChI is InChI=1S/C57H112N2O6/c1-6-11-16-21-24-30-40-53(38-28-19-14-9-4)51-64-56(62)43-33-26-35-45-58(47-37-48-59(49-50-60)55(61)42-32-23-18-13-8-3)46-36-27-34-44-57(63)65-52-54(39-29-20-15-10-5)41-31-25-22-17-12-7-2/h53-54,60H,6-52H2,1-5H3. The molecule has 8 nitrogen and oxygen atoms in total. The predicted octanol–water partition coefficient (Wildman–Crippen LogP) is 15.7. The van der Waals surface area contributed by atoms with E-state index in [9.17, 15) is 19.5 Å². The first-order chi connectivity index (χ1) is 31.8. The highest BCUT2D eigenvalue weighted by Gasteiger charge is 2.16. The minimum atomic E-state index is -0.0406. The molecule has 2 atom stereocenters. The quantitative estimate of drug-likeness (QED) is 0.0479. The van der Waals surface area contributed by atoms with Crippen LogP contribution in [0.3, 0.4) is 0 Å². The van der Waals surface area contributed by atoms with Crippen LogP contribution in [0.15, 0.2) is 0 Å². The van der Waals surface area contributed by atoms with Gasteiger partial charge >= 0.3 is 11.9 Å².